The molecule has 0 spiro atoms. The molecule has 0 radical (unpaired) electrons. The predicted octanol–water partition coefficient (Wildman–Crippen LogP) is 6.01. The molecule has 1 nitrogen and oxygen atoms in total. The Labute approximate surface area is 143 Å². The fourth-order valence-corrected chi connectivity index (χ4v) is 3.83. The molecule has 4 rings (SSSR count). The summed E-state index contributed by atoms with van der Waals surface area (Å²) in [5.41, 5.74) is 6.43. The van der Waals surface area contributed by atoms with Gasteiger partial charge in [0.15, 0.2) is 0 Å². The van der Waals surface area contributed by atoms with Crippen LogP contribution in [0.3, 0.4) is 0 Å². The van der Waals surface area contributed by atoms with Gasteiger partial charge in [0.25, 0.3) is 0 Å². The van der Waals surface area contributed by atoms with E-state index >= 15 is 0 Å². The molecule has 2 heteroatoms. The molecular formula is C20H16IN. The number of rotatable bonds is 1. The summed E-state index contributed by atoms with van der Waals surface area (Å²) in [6.07, 6.45) is 0. The average Bonchev–Trinajstić information content (AvgIpc) is 2.86. The number of aryl methyl sites for hydroxylation is 2. The van der Waals surface area contributed by atoms with Crippen molar-refractivity contribution in [2.24, 2.45) is 0 Å². The van der Waals surface area contributed by atoms with Crippen LogP contribution in [-0.2, 0) is 0 Å². The second kappa shape index (κ2) is 5.13. The van der Waals surface area contributed by atoms with Gasteiger partial charge >= 0.3 is 0 Å². The summed E-state index contributed by atoms with van der Waals surface area (Å²) in [5, 5.41) is 2.65. The minimum absolute atomic E-state index is 1.22. The zero-order chi connectivity index (χ0) is 15.3. The number of fused-ring (bicyclic) bond motifs is 3. The molecule has 4 aromatic rings. The first-order valence-corrected chi connectivity index (χ1v) is 8.50. The first-order valence-electron chi connectivity index (χ1n) is 7.42. The van der Waals surface area contributed by atoms with E-state index in [4.69, 9.17) is 0 Å². The maximum atomic E-state index is 2.48. The normalized spacial score (nSPS) is 11.4. The molecular weight excluding hydrogens is 381 g/mol. The summed E-state index contributed by atoms with van der Waals surface area (Å²) in [7, 11) is 0. The summed E-state index contributed by atoms with van der Waals surface area (Å²) in [6.45, 7) is 4.34. The Kier molecular flexibility index (Phi) is 3.22. The lowest BCUT2D eigenvalue weighted by atomic mass is 10.1. The summed E-state index contributed by atoms with van der Waals surface area (Å²) < 4.78 is 3.72. The van der Waals surface area contributed by atoms with Gasteiger partial charge in [-0.1, -0.05) is 42.5 Å². The summed E-state index contributed by atoms with van der Waals surface area (Å²) >= 11 is 2.48. The molecule has 0 amide bonds. The molecule has 3 aromatic carbocycles. The van der Waals surface area contributed by atoms with Crippen molar-refractivity contribution >= 4 is 44.4 Å². The quantitative estimate of drug-likeness (QED) is 0.347. The van der Waals surface area contributed by atoms with E-state index in [0.717, 1.165) is 0 Å². The molecule has 0 N–H and O–H groups in total. The lowest BCUT2D eigenvalue weighted by Crippen LogP contribution is -1.96. The number of aromatic nitrogens is 1. The van der Waals surface area contributed by atoms with E-state index in [1.165, 1.54) is 42.2 Å². The van der Waals surface area contributed by atoms with E-state index in [9.17, 15) is 0 Å². The van der Waals surface area contributed by atoms with Crippen molar-refractivity contribution in [2.75, 3.05) is 0 Å². The summed E-state index contributed by atoms with van der Waals surface area (Å²) in [5.74, 6) is 0. The van der Waals surface area contributed by atoms with Crippen LogP contribution in [0.5, 0.6) is 0 Å². The molecule has 0 bridgehead atoms. The Morgan fingerprint density at radius 2 is 1.55 bits per heavy atom. The Hall–Kier alpha value is -1.81. The van der Waals surface area contributed by atoms with Gasteiger partial charge < -0.3 is 4.57 Å². The first kappa shape index (κ1) is 13.8. The highest BCUT2D eigenvalue weighted by Gasteiger charge is 2.15. The summed E-state index contributed by atoms with van der Waals surface area (Å²) in [6, 6.07) is 21.8. The molecule has 0 aliphatic heterocycles. The van der Waals surface area contributed by atoms with Crippen LogP contribution in [0.4, 0.5) is 0 Å². The third kappa shape index (κ3) is 1.97. The Balaban J connectivity index is 2.28. The molecule has 22 heavy (non-hydrogen) atoms. The molecule has 0 unspecified atom stereocenters. The maximum absolute atomic E-state index is 2.48. The number of hydrogen-bond donors (Lipinski definition) is 0. The molecule has 0 fully saturated rings. The smallest absolute Gasteiger partial charge is 0.0677 e. The SMILES string of the molecule is Cc1ccc2c3ccc(C)c(I)c3n(-c3ccccc3)c2c1. The van der Waals surface area contributed by atoms with Crippen molar-refractivity contribution < 1.29 is 0 Å². The fraction of sp³-hybridized carbons (Fsp3) is 0.100. The van der Waals surface area contributed by atoms with Gasteiger partial charge in [0.1, 0.15) is 0 Å². The van der Waals surface area contributed by atoms with Crippen LogP contribution in [0, 0.1) is 17.4 Å². The van der Waals surface area contributed by atoms with Crippen molar-refractivity contribution in [3.05, 3.63) is 75.4 Å². The predicted molar refractivity (Wildman–Crippen MR) is 103 cm³/mol. The third-order valence-electron chi connectivity index (χ3n) is 4.23. The lowest BCUT2D eigenvalue weighted by Gasteiger charge is -2.10. The molecule has 108 valence electrons. The van der Waals surface area contributed by atoms with Gasteiger partial charge in [-0.3, -0.25) is 0 Å². The van der Waals surface area contributed by atoms with Gasteiger partial charge in [-0.15, -0.1) is 0 Å². The van der Waals surface area contributed by atoms with Crippen molar-refractivity contribution in [1.29, 1.82) is 0 Å². The van der Waals surface area contributed by atoms with Gasteiger partial charge in [0, 0.05) is 20.0 Å². The van der Waals surface area contributed by atoms with E-state index < -0.39 is 0 Å². The zero-order valence-corrected chi connectivity index (χ0v) is 14.8. The second-order valence-electron chi connectivity index (χ2n) is 5.78. The van der Waals surface area contributed by atoms with Crippen molar-refractivity contribution in [3.63, 3.8) is 0 Å². The van der Waals surface area contributed by atoms with Gasteiger partial charge in [-0.05, 0) is 65.8 Å². The largest absolute Gasteiger partial charge is 0.308 e. The molecule has 0 atom stereocenters. The maximum Gasteiger partial charge on any atom is 0.0677 e. The van der Waals surface area contributed by atoms with E-state index in [1.807, 2.05) is 0 Å². The molecule has 1 aromatic heterocycles. The number of benzene rings is 3. The molecule has 0 aliphatic rings. The highest BCUT2D eigenvalue weighted by molar-refractivity contribution is 14.1. The monoisotopic (exact) mass is 397 g/mol. The van der Waals surface area contributed by atoms with Gasteiger partial charge in [-0.25, -0.2) is 0 Å². The minimum Gasteiger partial charge on any atom is -0.308 e. The van der Waals surface area contributed by atoms with E-state index in [2.05, 4.69) is 102 Å². The van der Waals surface area contributed by atoms with Crippen LogP contribution in [0.15, 0.2) is 60.7 Å². The number of halogens is 1. The third-order valence-corrected chi connectivity index (χ3v) is 5.59. The van der Waals surface area contributed by atoms with E-state index in [-0.39, 0.29) is 0 Å². The number of hydrogen-bond acceptors (Lipinski definition) is 0. The van der Waals surface area contributed by atoms with Crippen molar-refractivity contribution in [3.8, 4) is 5.69 Å². The first-order chi connectivity index (χ1) is 10.7. The minimum atomic E-state index is 1.22. The van der Waals surface area contributed by atoms with Crippen LogP contribution < -0.4 is 0 Å². The van der Waals surface area contributed by atoms with Gasteiger partial charge in [0.05, 0.1) is 11.0 Å². The van der Waals surface area contributed by atoms with E-state index in [0.29, 0.717) is 0 Å². The average molecular weight is 397 g/mol. The molecule has 1 heterocycles. The number of para-hydroxylation sites is 1. The second-order valence-corrected chi connectivity index (χ2v) is 6.86. The van der Waals surface area contributed by atoms with Crippen molar-refractivity contribution in [2.45, 2.75) is 13.8 Å². The Morgan fingerprint density at radius 3 is 2.32 bits per heavy atom. The Morgan fingerprint density at radius 1 is 0.818 bits per heavy atom. The molecule has 0 saturated heterocycles. The number of nitrogens with zero attached hydrogens (tertiary/aromatic N) is 1. The lowest BCUT2D eigenvalue weighted by molar-refractivity contribution is 1.17. The van der Waals surface area contributed by atoms with Crippen LogP contribution in [0.25, 0.3) is 27.5 Å². The molecule has 0 saturated carbocycles. The summed E-state index contributed by atoms with van der Waals surface area (Å²) in [4.78, 5) is 0. The van der Waals surface area contributed by atoms with Crippen LogP contribution in [0.2, 0.25) is 0 Å². The zero-order valence-electron chi connectivity index (χ0n) is 12.6. The standard InChI is InChI=1S/C20H16IN/c1-13-8-10-16-17-11-9-14(2)19(21)20(17)22(18(16)12-13)15-6-4-3-5-7-15/h3-12H,1-2H3. The fourth-order valence-electron chi connectivity index (χ4n) is 3.12. The topological polar surface area (TPSA) is 4.93 Å². The van der Waals surface area contributed by atoms with Gasteiger partial charge in [-0.2, -0.15) is 0 Å². The van der Waals surface area contributed by atoms with Crippen LogP contribution in [0.1, 0.15) is 11.1 Å². The van der Waals surface area contributed by atoms with Crippen LogP contribution >= 0.6 is 22.6 Å². The highest BCUT2D eigenvalue weighted by Crippen LogP contribution is 2.36. The molecule has 0 aliphatic carbocycles. The van der Waals surface area contributed by atoms with Gasteiger partial charge in [0.2, 0.25) is 0 Å². The van der Waals surface area contributed by atoms with Crippen molar-refractivity contribution in [1.82, 2.24) is 4.57 Å². The van der Waals surface area contributed by atoms with E-state index in [1.54, 1.807) is 0 Å². The Bertz CT molecular complexity index is 997. The van der Waals surface area contributed by atoms with Crippen LogP contribution in [-0.4, -0.2) is 4.57 Å². The highest BCUT2D eigenvalue weighted by atomic mass is 127.